The maximum atomic E-state index is 13.9. The Balaban J connectivity index is 1.97. The van der Waals surface area contributed by atoms with E-state index in [-0.39, 0.29) is 45.9 Å². The van der Waals surface area contributed by atoms with Gasteiger partial charge in [-0.15, -0.1) is 0 Å². The zero-order valence-electron chi connectivity index (χ0n) is 19.5. The van der Waals surface area contributed by atoms with Crippen LogP contribution in [0.1, 0.15) is 48.0 Å². The first kappa shape index (κ1) is 27.7. The van der Waals surface area contributed by atoms with Crippen LogP contribution in [-0.4, -0.2) is 46.9 Å². The van der Waals surface area contributed by atoms with E-state index in [1.165, 1.54) is 12.4 Å². The maximum Gasteiger partial charge on any atom is 0.257 e. The molecule has 0 bridgehead atoms. The number of hydrogen-bond acceptors (Lipinski definition) is 6. The summed E-state index contributed by atoms with van der Waals surface area (Å²) in [5, 5.41) is 11.2. The topological polar surface area (TPSA) is 112 Å². The van der Waals surface area contributed by atoms with Crippen molar-refractivity contribution in [3.05, 3.63) is 74.7 Å². The largest absolute Gasteiger partial charge is 0.384 e. The molecule has 0 unspecified atom stereocenters. The van der Waals surface area contributed by atoms with Crippen LogP contribution in [0.2, 0.25) is 10.0 Å². The third-order valence-electron chi connectivity index (χ3n) is 5.94. The van der Waals surface area contributed by atoms with Crippen LogP contribution in [0.25, 0.3) is 0 Å². The summed E-state index contributed by atoms with van der Waals surface area (Å²) < 4.78 is 27.7. The summed E-state index contributed by atoms with van der Waals surface area (Å²) in [5.41, 5.74) is 6.34. The zero-order valence-corrected chi connectivity index (χ0v) is 21.0. The van der Waals surface area contributed by atoms with Crippen molar-refractivity contribution < 1.29 is 18.4 Å². The lowest BCUT2D eigenvalue weighted by molar-refractivity contribution is -0.126. The molecule has 7 nitrogen and oxygen atoms in total. The summed E-state index contributed by atoms with van der Waals surface area (Å²) in [6.07, 6.45) is 8.41. The number of ketones is 1. The summed E-state index contributed by atoms with van der Waals surface area (Å²) >= 11 is 12.2. The Morgan fingerprint density at radius 1 is 1.11 bits per heavy atom. The number of nitrogens with one attached hydrogen (secondary N) is 2. The number of hydrogen-bond donors (Lipinski definition) is 3. The third-order valence-corrected chi connectivity index (χ3v) is 6.51. The van der Waals surface area contributed by atoms with Gasteiger partial charge in [-0.3, -0.25) is 14.6 Å². The molecule has 0 aliphatic heterocycles. The van der Waals surface area contributed by atoms with Gasteiger partial charge in [0.05, 0.1) is 27.7 Å². The van der Waals surface area contributed by atoms with Crippen molar-refractivity contribution in [2.45, 2.75) is 44.7 Å². The van der Waals surface area contributed by atoms with Crippen molar-refractivity contribution in [3.8, 4) is 0 Å². The molecule has 1 aliphatic carbocycles. The van der Waals surface area contributed by atoms with Crippen LogP contribution in [0.15, 0.2) is 41.9 Å². The van der Waals surface area contributed by atoms with E-state index < -0.39 is 29.9 Å². The minimum absolute atomic E-state index is 0.00105. The minimum Gasteiger partial charge on any atom is -0.384 e. The van der Waals surface area contributed by atoms with Crippen molar-refractivity contribution in [3.63, 3.8) is 0 Å². The SMILES string of the molecule is N=C/C(C(=O)N(CC(=O)c1c(Cl)cncc1Cl)Cc1cc(F)cc(F)c1)=C(/CN)NC1CCCCC1. The first-order valence-electron chi connectivity index (χ1n) is 11.5. The Hall–Kier alpha value is -2.88. The molecule has 1 aromatic heterocycles. The number of amides is 1. The first-order chi connectivity index (χ1) is 17.2. The van der Waals surface area contributed by atoms with E-state index in [1.54, 1.807) is 0 Å². The molecular weight excluding hydrogens is 511 g/mol. The van der Waals surface area contributed by atoms with Crippen molar-refractivity contribution in [1.82, 2.24) is 15.2 Å². The Morgan fingerprint density at radius 2 is 1.72 bits per heavy atom. The number of benzene rings is 1. The van der Waals surface area contributed by atoms with Gasteiger partial charge < -0.3 is 21.4 Å². The summed E-state index contributed by atoms with van der Waals surface area (Å²) in [5.74, 6) is -2.95. The smallest absolute Gasteiger partial charge is 0.257 e. The van der Waals surface area contributed by atoms with Crippen LogP contribution in [0, 0.1) is 17.0 Å². The first-order valence-corrected chi connectivity index (χ1v) is 12.3. The Labute approximate surface area is 218 Å². The molecule has 0 saturated heterocycles. The highest BCUT2D eigenvalue weighted by Crippen LogP contribution is 2.25. The molecule has 0 spiro atoms. The standard InChI is InChI=1S/C25H27Cl2F2N5O2/c26-20-11-32-12-21(27)24(20)23(35)14-34(13-15-6-16(28)8-17(29)7-15)25(36)19(9-30)22(10-31)33-18-4-2-1-3-5-18/h6-9,11-12,18,30,33H,1-5,10,13-14,31H2/b22-19+,30-9?. The van der Waals surface area contributed by atoms with E-state index in [4.69, 9.17) is 34.3 Å². The molecule has 4 N–H and O–H groups in total. The van der Waals surface area contributed by atoms with Crippen molar-refractivity contribution >= 4 is 41.1 Å². The molecule has 36 heavy (non-hydrogen) atoms. The fourth-order valence-corrected chi connectivity index (χ4v) is 4.82. The maximum absolute atomic E-state index is 13.9. The highest BCUT2D eigenvalue weighted by Gasteiger charge is 2.26. The van der Waals surface area contributed by atoms with E-state index in [2.05, 4.69) is 10.3 Å². The Kier molecular flexibility index (Phi) is 9.92. The van der Waals surface area contributed by atoms with Gasteiger partial charge in [0.1, 0.15) is 11.6 Å². The van der Waals surface area contributed by atoms with Gasteiger partial charge in [0.2, 0.25) is 0 Å². The molecule has 3 rings (SSSR count). The fourth-order valence-electron chi connectivity index (χ4n) is 4.24. The molecule has 1 heterocycles. The molecule has 192 valence electrons. The average Bonchev–Trinajstić information content (AvgIpc) is 2.83. The Morgan fingerprint density at radius 3 is 2.28 bits per heavy atom. The third kappa shape index (κ3) is 7.09. The molecule has 1 aromatic carbocycles. The molecule has 0 radical (unpaired) electrons. The lowest BCUT2D eigenvalue weighted by Gasteiger charge is -2.28. The van der Waals surface area contributed by atoms with Gasteiger partial charge >= 0.3 is 0 Å². The van der Waals surface area contributed by atoms with E-state index >= 15 is 0 Å². The number of aromatic nitrogens is 1. The van der Waals surface area contributed by atoms with Gasteiger partial charge in [-0.2, -0.15) is 0 Å². The predicted molar refractivity (Wildman–Crippen MR) is 135 cm³/mol. The number of nitrogens with two attached hydrogens (primary N) is 1. The lowest BCUT2D eigenvalue weighted by atomic mass is 9.95. The highest BCUT2D eigenvalue weighted by atomic mass is 35.5. The molecule has 2 aromatic rings. The van der Waals surface area contributed by atoms with E-state index in [0.717, 1.165) is 55.4 Å². The number of pyridine rings is 1. The normalized spacial score (nSPS) is 14.7. The molecule has 1 fully saturated rings. The van der Waals surface area contributed by atoms with Gasteiger partial charge in [0, 0.05) is 49.5 Å². The van der Waals surface area contributed by atoms with E-state index in [1.807, 2.05) is 0 Å². The number of Topliss-reactive ketones (excluding diaryl/α,β-unsaturated/α-hetero) is 1. The van der Waals surface area contributed by atoms with Crippen LogP contribution >= 0.6 is 23.2 Å². The average molecular weight is 538 g/mol. The number of carbonyl (C=O) groups is 2. The summed E-state index contributed by atoms with van der Waals surface area (Å²) in [7, 11) is 0. The van der Waals surface area contributed by atoms with Crippen LogP contribution in [0.3, 0.4) is 0 Å². The van der Waals surface area contributed by atoms with E-state index in [0.29, 0.717) is 11.8 Å². The second kappa shape index (κ2) is 12.9. The van der Waals surface area contributed by atoms with Gasteiger partial charge in [0.15, 0.2) is 5.78 Å². The van der Waals surface area contributed by atoms with Gasteiger partial charge in [-0.1, -0.05) is 42.5 Å². The number of halogens is 4. The molecule has 0 atom stereocenters. The quantitative estimate of drug-likeness (QED) is 0.231. The van der Waals surface area contributed by atoms with Gasteiger partial charge in [-0.25, -0.2) is 8.78 Å². The number of carbonyl (C=O) groups excluding carboxylic acids is 2. The van der Waals surface area contributed by atoms with Crippen LogP contribution in [-0.2, 0) is 11.3 Å². The summed E-state index contributed by atoms with van der Waals surface area (Å²) in [6.45, 7) is -0.859. The van der Waals surface area contributed by atoms with Gasteiger partial charge in [-0.05, 0) is 30.5 Å². The monoisotopic (exact) mass is 537 g/mol. The van der Waals surface area contributed by atoms with Crippen LogP contribution in [0.5, 0.6) is 0 Å². The van der Waals surface area contributed by atoms with Crippen molar-refractivity contribution in [2.24, 2.45) is 5.73 Å². The molecule has 1 amide bonds. The minimum atomic E-state index is -0.826. The van der Waals surface area contributed by atoms with Crippen molar-refractivity contribution in [1.29, 1.82) is 5.41 Å². The molecule has 11 heteroatoms. The second-order valence-corrected chi connectivity index (χ2v) is 9.37. The zero-order chi connectivity index (χ0) is 26.2. The molecule has 1 saturated carbocycles. The van der Waals surface area contributed by atoms with Crippen LogP contribution in [0.4, 0.5) is 8.78 Å². The van der Waals surface area contributed by atoms with Crippen LogP contribution < -0.4 is 11.1 Å². The second-order valence-electron chi connectivity index (χ2n) is 8.56. The van der Waals surface area contributed by atoms with E-state index in [9.17, 15) is 18.4 Å². The lowest BCUT2D eigenvalue weighted by Crippen LogP contribution is -2.40. The fraction of sp³-hybridized carbons (Fsp3) is 0.360. The predicted octanol–water partition coefficient (Wildman–Crippen LogP) is 4.66. The van der Waals surface area contributed by atoms with Gasteiger partial charge in [0.25, 0.3) is 5.91 Å². The summed E-state index contributed by atoms with van der Waals surface area (Å²) in [6, 6.07) is 2.96. The number of rotatable bonds is 10. The molecule has 1 aliphatic rings. The number of nitrogens with zero attached hydrogens (tertiary/aromatic N) is 2. The molecular formula is C25H27Cl2F2N5O2. The summed E-state index contributed by atoms with van der Waals surface area (Å²) in [4.78, 5) is 31.7. The van der Waals surface area contributed by atoms with Crippen molar-refractivity contribution in [2.75, 3.05) is 13.1 Å². The highest BCUT2D eigenvalue weighted by molar-refractivity contribution is 6.39. The Bertz CT molecular complexity index is 1130.